The molecule has 1 aromatic heterocycles. The molecule has 0 aliphatic heterocycles. The lowest BCUT2D eigenvalue weighted by molar-refractivity contribution is -0.127. The van der Waals surface area contributed by atoms with E-state index in [1.807, 2.05) is 12.1 Å². The van der Waals surface area contributed by atoms with Gasteiger partial charge in [0.25, 0.3) is 0 Å². The van der Waals surface area contributed by atoms with E-state index < -0.39 is 0 Å². The van der Waals surface area contributed by atoms with Crippen LogP contribution in [0.3, 0.4) is 0 Å². The van der Waals surface area contributed by atoms with Crippen LogP contribution in [0.25, 0.3) is 0 Å². The van der Waals surface area contributed by atoms with Gasteiger partial charge in [0.05, 0.1) is 10.8 Å². The largest absolute Gasteiger partial charge is 0.273 e. The minimum Gasteiger partial charge on any atom is -0.273 e. The van der Waals surface area contributed by atoms with Gasteiger partial charge in [0.2, 0.25) is 11.8 Å². The van der Waals surface area contributed by atoms with Crippen LogP contribution in [0.1, 0.15) is 12.0 Å². The molecule has 0 saturated heterocycles. The minimum atomic E-state index is -0.328. The Morgan fingerprint density at radius 3 is 2.67 bits per heavy atom. The Morgan fingerprint density at radius 2 is 1.92 bits per heavy atom. The van der Waals surface area contributed by atoms with Crippen LogP contribution >= 0.6 is 35.0 Å². The first kappa shape index (κ1) is 18.6. The van der Waals surface area contributed by atoms with E-state index in [-0.39, 0.29) is 24.0 Å². The standard InChI is InChI=1S/C16H15Cl2N3O2S/c17-12-4-5-13(18)14(8-12)24-10-16(23)21-20-15(22)6-3-11-2-1-7-19-9-11/h1-2,4-5,7-9H,3,6,10H2,(H,20,22)(H,21,23). The van der Waals surface area contributed by atoms with Gasteiger partial charge in [0, 0.05) is 28.7 Å². The van der Waals surface area contributed by atoms with E-state index in [2.05, 4.69) is 15.8 Å². The van der Waals surface area contributed by atoms with Crippen LogP contribution in [-0.2, 0) is 16.0 Å². The molecule has 0 atom stereocenters. The topological polar surface area (TPSA) is 71.1 Å². The van der Waals surface area contributed by atoms with E-state index in [4.69, 9.17) is 23.2 Å². The molecule has 0 aliphatic carbocycles. The quantitative estimate of drug-likeness (QED) is 0.593. The normalized spacial score (nSPS) is 10.2. The van der Waals surface area contributed by atoms with Crippen LogP contribution in [-0.4, -0.2) is 22.6 Å². The lowest BCUT2D eigenvalue weighted by Gasteiger charge is -2.08. The summed E-state index contributed by atoms with van der Waals surface area (Å²) in [4.78, 5) is 28.2. The molecule has 24 heavy (non-hydrogen) atoms. The zero-order chi connectivity index (χ0) is 17.4. The highest BCUT2D eigenvalue weighted by atomic mass is 35.5. The van der Waals surface area contributed by atoms with Crippen molar-refractivity contribution in [2.24, 2.45) is 0 Å². The Hall–Kier alpha value is -1.76. The number of pyridine rings is 1. The Bertz CT molecular complexity index is 714. The van der Waals surface area contributed by atoms with Crippen LogP contribution in [0.15, 0.2) is 47.6 Å². The molecule has 126 valence electrons. The number of carbonyl (C=O) groups excluding carboxylic acids is 2. The Balaban J connectivity index is 1.69. The van der Waals surface area contributed by atoms with Crippen molar-refractivity contribution in [3.05, 3.63) is 58.3 Å². The Morgan fingerprint density at radius 1 is 1.12 bits per heavy atom. The van der Waals surface area contributed by atoms with E-state index in [1.54, 1.807) is 30.6 Å². The highest BCUT2D eigenvalue weighted by Crippen LogP contribution is 2.29. The maximum absolute atomic E-state index is 11.8. The molecule has 2 rings (SSSR count). The van der Waals surface area contributed by atoms with Crippen molar-refractivity contribution in [2.45, 2.75) is 17.7 Å². The molecule has 2 aromatic rings. The highest BCUT2D eigenvalue weighted by molar-refractivity contribution is 8.00. The van der Waals surface area contributed by atoms with Gasteiger partial charge in [0.1, 0.15) is 0 Å². The average molecular weight is 384 g/mol. The fourth-order valence-corrected chi connectivity index (χ4v) is 3.07. The number of hydrogen-bond acceptors (Lipinski definition) is 4. The smallest absolute Gasteiger partial charge is 0.248 e. The summed E-state index contributed by atoms with van der Waals surface area (Å²) in [5.41, 5.74) is 5.72. The summed E-state index contributed by atoms with van der Waals surface area (Å²) < 4.78 is 0. The van der Waals surface area contributed by atoms with Gasteiger partial charge in [-0.15, -0.1) is 11.8 Å². The van der Waals surface area contributed by atoms with E-state index >= 15 is 0 Å². The van der Waals surface area contributed by atoms with Gasteiger partial charge in [-0.05, 0) is 36.2 Å². The predicted octanol–water partition coefficient (Wildman–Crippen LogP) is 3.26. The number of amides is 2. The molecule has 0 spiro atoms. The van der Waals surface area contributed by atoms with E-state index in [0.717, 1.165) is 5.56 Å². The van der Waals surface area contributed by atoms with Gasteiger partial charge in [-0.1, -0.05) is 29.3 Å². The van der Waals surface area contributed by atoms with Crippen LogP contribution in [0.2, 0.25) is 10.0 Å². The third-order valence-corrected chi connectivity index (χ3v) is 4.69. The fourth-order valence-electron chi connectivity index (χ4n) is 1.77. The summed E-state index contributed by atoms with van der Waals surface area (Å²) in [6.07, 6.45) is 4.20. The minimum absolute atomic E-state index is 0.114. The molecule has 0 saturated carbocycles. The lowest BCUT2D eigenvalue weighted by Crippen LogP contribution is -2.42. The van der Waals surface area contributed by atoms with Crippen molar-refractivity contribution >= 4 is 46.8 Å². The number of nitrogens with zero attached hydrogens (tertiary/aromatic N) is 1. The molecule has 5 nitrogen and oxygen atoms in total. The molecule has 0 unspecified atom stereocenters. The van der Waals surface area contributed by atoms with E-state index in [1.165, 1.54) is 11.8 Å². The van der Waals surface area contributed by atoms with Crippen LogP contribution in [0.5, 0.6) is 0 Å². The number of aromatic nitrogens is 1. The number of nitrogens with one attached hydrogen (secondary N) is 2. The number of thioether (sulfide) groups is 1. The van der Waals surface area contributed by atoms with Crippen molar-refractivity contribution in [3.8, 4) is 0 Å². The van der Waals surface area contributed by atoms with Gasteiger partial charge >= 0.3 is 0 Å². The maximum atomic E-state index is 11.8. The zero-order valence-corrected chi connectivity index (χ0v) is 14.9. The number of halogens is 2. The first-order chi connectivity index (χ1) is 11.5. The maximum Gasteiger partial charge on any atom is 0.248 e. The van der Waals surface area contributed by atoms with Crippen molar-refractivity contribution in [2.75, 3.05) is 5.75 Å². The summed E-state index contributed by atoms with van der Waals surface area (Å²) in [6, 6.07) is 8.74. The SMILES string of the molecule is O=C(CCc1cccnc1)NNC(=O)CSc1cc(Cl)ccc1Cl. The molecule has 1 heterocycles. The summed E-state index contributed by atoms with van der Waals surface area (Å²) in [7, 11) is 0. The zero-order valence-electron chi connectivity index (χ0n) is 12.6. The van der Waals surface area contributed by atoms with Crippen LogP contribution in [0.4, 0.5) is 0 Å². The van der Waals surface area contributed by atoms with Crippen molar-refractivity contribution in [3.63, 3.8) is 0 Å². The second-order valence-corrected chi connectivity index (χ2v) is 6.68. The summed E-state index contributed by atoms with van der Waals surface area (Å²) >= 11 is 13.2. The molecule has 0 bridgehead atoms. The van der Waals surface area contributed by atoms with Crippen molar-refractivity contribution < 1.29 is 9.59 Å². The third-order valence-electron chi connectivity index (χ3n) is 2.96. The molecule has 1 aromatic carbocycles. The van der Waals surface area contributed by atoms with Gasteiger partial charge in [-0.25, -0.2) is 0 Å². The summed E-state index contributed by atoms with van der Waals surface area (Å²) in [5.74, 6) is -0.480. The number of carbonyl (C=O) groups is 2. The number of benzene rings is 1. The van der Waals surface area contributed by atoms with Crippen molar-refractivity contribution in [1.29, 1.82) is 0 Å². The van der Waals surface area contributed by atoms with Gasteiger partial charge in [0.15, 0.2) is 0 Å². The fraction of sp³-hybridized carbons (Fsp3) is 0.188. The molecule has 0 fully saturated rings. The third kappa shape index (κ3) is 6.39. The monoisotopic (exact) mass is 383 g/mol. The van der Waals surface area contributed by atoms with Gasteiger partial charge in [-0.3, -0.25) is 25.4 Å². The first-order valence-corrected chi connectivity index (χ1v) is 8.83. The summed E-state index contributed by atoms with van der Waals surface area (Å²) in [5, 5.41) is 1.07. The van der Waals surface area contributed by atoms with Crippen LogP contribution < -0.4 is 10.9 Å². The van der Waals surface area contributed by atoms with Crippen LogP contribution in [0, 0.1) is 0 Å². The molecule has 0 aliphatic rings. The second-order valence-electron chi connectivity index (χ2n) is 4.82. The number of hydrazine groups is 1. The number of hydrogen-bond donors (Lipinski definition) is 2. The molecular formula is C16H15Cl2N3O2S. The van der Waals surface area contributed by atoms with E-state index in [0.29, 0.717) is 21.4 Å². The Kier molecular flexibility index (Phi) is 7.36. The molecule has 2 amide bonds. The predicted molar refractivity (Wildman–Crippen MR) is 96.0 cm³/mol. The summed E-state index contributed by atoms with van der Waals surface area (Å²) in [6.45, 7) is 0. The Labute approximate surface area is 154 Å². The number of rotatable bonds is 6. The second kappa shape index (κ2) is 9.52. The highest BCUT2D eigenvalue weighted by Gasteiger charge is 2.08. The molecule has 8 heteroatoms. The average Bonchev–Trinajstić information content (AvgIpc) is 2.59. The van der Waals surface area contributed by atoms with Gasteiger partial charge < -0.3 is 0 Å². The van der Waals surface area contributed by atoms with E-state index in [9.17, 15) is 9.59 Å². The molecule has 2 N–H and O–H groups in total. The lowest BCUT2D eigenvalue weighted by atomic mass is 10.1. The van der Waals surface area contributed by atoms with Gasteiger partial charge in [-0.2, -0.15) is 0 Å². The first-order valence-electron chi connectivity index (χ1n) is 7.09. The molecule has 0 radical (unpaired) electrons. The number of aryl methyl sites for hydroxylation is 1. The van der Waals surface area contributed by atoms with Crippen molar-refractivity contribution in [1.82, 2.24) is 15.8 Å². The molecular weight excluding hydrogens is 369 g/mol.